The smallest absolute Gasteiger partial charge is 0.304 e. The molecular weight excluding hydrogens is 247 g/mol. The van der Waals surface area contributed by atoms with Crippen LogP contribution in [0.25, 0.3) is 0 Å². The van der Waals surface area contributed by atoms with E-state index in [0.29, 0.717) is 0 Å². The van der Waals surface area contributed by atoms with E-state index >= 15 is 0 Å². The molecule has 1 aromatic rings. The number of rotatable bonds is 6. The second-order valence-corrected chi connectivity index (χ2v) is 4.94. The number of aliphatic carboxylic acids is 1. The Kier molecular flexibility index (Phi) is 4.96. The maximum Gasteiger partial charge on any atom is 0.304 e. The summed E-state index contributed by atoms with van der Waals surface area (Å²) in [5.74, 6) is -2.17. The fourth-order valence-electron chi connectivity index (χ4n) is 1.14. The lowest BCUT2D eigenvalue weighted by Gasteiger charge is -2.00. The molecular formula is C11H11FO4S. The fraction of sp³-hybridized carbons (Fsp3) is 0.273. The summed E-state index contributed by atoms with van der Waals surface area (Å²) in [6.07, 6.45) is -0.233. The summed E-state index contributed by atoms with van der Waals surface area (Å²) in [6, 6.07) is 4.92. The van der Waals surface area contributed by atoms with E-state index in [1.807, 2.05) is 0 Å². The fourth-order valence-corrected chi connectivity index (χ4v) is 2.14. The molecule has 0 aliphatic carbocycles. The van der Waals surface area contributed by atoms with Gasteiger partial charge in [-0.2, -0.15) is 0 Å². The van der Waals surface area contributed by atoms with Crippen LogP contribution in [-0.2, 0) is 15.6 Å². The van der Waals surface area contributed by atoms with E-state index in [9.17, 15) is 18.2 Å². The number of halogens is 1. The number of hydrogen-bond acceptors (Lipinski definition) is 3. The molecule has 0 spiro atoms. The summed E-state index contributed by atoms with van der Waals surface area (Å²) >= 11 is 0. The molecule has 4 nitrogen and oxygen atoms in total. The topological polar surface area (TPSA) is 71.4 Å². The molecule has 1 aromatic carbocycles. The van der Waals surface area contributed by atoms with Crippen LogP contribution in [0.1, 0.15) is 16.8 Å². The second-order valence-electron chi connectivity index (χ2n) is 3.36. The van der Waals surface area contributed by atoms with Crippen LogP contribution in [0.15, 0.2) is 24.3 Å². The summed E-state index contributed by atoms with van der Waals surface area (Å²) < 4.78 is 23.9. The summed E-state index contributed by atoms with van der Waals surface area (Å²) in [7, 11) is -1.50. The Balaban J connectivity index is 2.51. The monoisotopic (exact) mass is 258 g/mol. The molecule has 6 heteroatoms. The van der Waals surface area contributed by atoms with Gasteiger partial charge in [0.1, 0.15) is 5.82 Å². The van der Waals surface area contributed by atoms with Gasteiger partial charge < -0.3 is 5.11 Å². The number of carbonyl (C=O) groups excluding carboxylic acids is 1. The molecule has 0 radical (unpaired) electrons. The van der Waals surface area contributed by atoms with Crippen molar-refractivity contribution in [3.05, 3.63) is 35.6 Å². The van der Waals surface area contributed by atoms with E-state index < -0.39 is 22.6 Å². The first kappa shape index (κ1) is 13.5. The molecule has 0 fully saturated rings. The van der Waals surface area contributed by atoms with Gasteiger partial charge in [0.15, 0.2) is 5.78 Å². The van der Waals surface area contributed by atoms with Crippen molar-refractivity contribution in [1.82, 2.24) is 0 Å². The molecule has 0 heterocycles. The van der Waals surface area contributed by atoms with E-state index in [0.717, 1.165) is 12.1 Å². The van der Waals surface area contributed by atoms with Gasteiger partial charge in [0.25, 0.3) is 0 Å². The van der Waals surface area contributed by atoms with Crippen molar-refractivity contribution in [2.75, 3.05) is 11.5 Å². The lowest BCUT2D eigenvalue weighted by atomic mass is 10.1. The van der Waals surface area contributed by atoms with Gasteiger partial charge in [0.05, 0.1) is 12.2 Å². The maximum absolute atomic E-state index is 12.6. The Bertz CT molecular complexity index is 441. The largest absolute Gasteiger partial charge is 0.481 e. The zero-order chi connectivity index (χ0) is 12.8. The first-order valence-corrected chi connectivity index (χ1v) is 6.33. The average Bonchev–Trinajstić information content (AvgIpc) is 2.27. The van der Waals surface area contributed by atoms with Gasteiger partial charge in [-0.25, -0.2) is 4.39 Å². The average molecular weight is 258 g/mol. The predicted molar refractivity (Wildman–Crippen MR) is 60.9 cm³/mol. The molecule has 0 aliphatic rings. The van der Waals surface area contributed by atoms with Gasteiger partial charge in [-0.1, -0.05) is 0 Å². The molecule has 1 rings (SSSR count). The second kappa shape index (κ2) is 6.24. The van der Waals surface area contributed by atoms with Crippen LogP contribution in [-0.4, -0.2) is 32.6 Å². The summed E-state index contributed by atoms with van der Waals surface area (Å²) in [6.45, 7) is 0. The SMILES string of the molecule is O=C(O)CCS(=O)CC(=O)c1ccc(F)cc1. The van der Waals surface area contributed by atoms with Crippen LogP contribution in [0.2, 0.25) is 0 Å². The van der Waals surface area contributed by atoms with E-state index in [1.54, 1.807) is 0 Å². The Labute approximate surface area is 99.9 Å². The molecule has 17 heavy (non-hydrogen) atoms. The highest BCUT2D eigenvalue weighted by molar-refractivity contribution is 7.85. The third-order valence-electron chi connectivity index (χ3n) is 2.00. The molecule has 0 aliphatic heterocycles. The molecule has 0 saturated heterocycles. The third kappa shape index (κ3) is 4.86. The minimum Gasteiger partial charge on any atom is -0.481 e. The van der Waals surface area contributed by atoms with Gasteiger partial charge in [0, 0.05) is 22.1 Å². The zero-order valence-corrected chi connectivity index (χ0v) is 9.71. The first-order valence-electron chi connectivity index (χ1n) is 4.84. The third-order valence-corrected chi connectivity index (χ3v) is 3.25. The number of carbonyl (C=O) groups is 2. The zero-order valence-electron chi connectivity index (χ0n) is 8.89. The van der Waals surface area contributed by atoms with Crippen molar-refractivity contribution >= 4 is 22.6 Å². The Morgan fingerprint density at radius 3 is 2.35 bits per heavy atom. The molecule has 1 atom stereocenters. The normalized spacial score (nSPS) is 12.1. The van der Waals surface area contributed by atoms with Crippen molar-refractivity contribution in [1.29, 1.82) is 0 Å². The van der Waals surface area contributed by atoms with Crippen molar-refractivity contribution < 1.29 is 23.3 Å². The molecule has 0 bridgehead atoms. The van der Waals surface area contributed by atoms with E-state index in [-0.39, 0.29) is 29.3 Å². The van der Waals surface area contributed by atoms with Crippen molar-refractivity contribution in [3.63, 3.8) is 0 Å². The van der Waals surface area contributed by atoms with Gasteiger partial charge in [0.2, 0.25) is 0 Å². The van der Waals surface area contributed by atoms with Gasteiger partial charge in [-0.3, -0.25) is 13.8 Å². The van der Waals surface area contributed by atoms with Crippen molar-refractivity contribution in [2.45, 2.75) is 6.42 Å². The maximum atomic E-state index is 12.6. The molecule has 0 saturated carbocycles. The lowest BCUT2D eigenvalue weighted by molar-refractivity contribution is -0.136. The Morgan fingerprint density at radius 2 is 1.82 bits per heavy atom. The summed E-state index contributed by atoms with van der Waals surface area (Å²) in [5.41, 5.74) is 0.273. The quantitative estimate of drug-likeness (QED) is 0.779. The molecule has 0 aromatic heterocycles. The van der Waals surface area contributed by atoms with Crippen molar-refractivity contribution in [2.24, 2.45) is 0 Å². The van der Waals surface area contributed by atoms with Crippen LogP contribution in [0.3, 0.4) is 0 Å². The molecule has 1 unspecified atom stereocenters. The van der Waals surface area contributed by atoms with Crippen LogP contribution >= 0.6 is 0 Å². The van der Waals surface area contributed by atoms with E-state index in [4.69, 9.17) is 5.11 Å². The predicted octanol–water partition coefficient (Wildman–Crippen LogP) is 1.23. The van der Waals surface area contributed by atoms with Gasteiger partial charge >= 0.3 is 5.97 Å². The molecule has 92 valence electrons. The number of carboxylic acid groups (broad SMARTS) is 1. The number of carboxylic acids is 1. The van der Waals surface area contributed by atoms with E-state index in [1.165, 1.54) is 12.1 Å². The Hall–Kier alpha value is -1.56. The molecule has 1 N–H and O–H groups in total. The van der Waals surface area contributed by atoms with E-state index in [2.05, 4.69) is 0 Å². The lowest BCUT2D eigenvalue weighted by Crippen LogP contribution is -2.15. The minimum absolute atomic E-state index is 0.0533. The van der Waals surface area contributed by atoms with Crippen LogP contribution in [0.4, 0.5) is 4.39 Å². The van der Waals surface area contributed by atoms with Gasteiger partial charge in [-0.15, -0.1) is 0 Å². The first-order chi connectivity index (χ1) is 7.99. The standard InChI is InChI=1S/C11H11FO4S/c12-9-3-1-8(2-4-9)10(13)7-17(16)6-5-11(14)15/h1-4H,5-7H2,(H,14,15). The number of ketones is 1. The minimum atomic E-state index is -1.50. The highest BCUT2D eigenvalue weighted by Crippen LogP contribution is 2.05. The highest BCUT2D eigenvalue weighted by atomic mass is 32.2. The van der Waals surface area contributed by atoms with Crippen molar-refractivity contribution in [3.8, 4) is 0 Å². The number of hydrogen-bond donors (Lipinski definition) is 1. The number of benzene rings is 1. The van der Waals surface area contributed by atoms with Crippen LogP contribution < -0.4 is 0 Å². The van der Waals surface area contributed by atoms with Gasteiger partial charge in [-0.05, 0) is 24.3 Å². The van der Waals surface area contributed by atoms with Crippen LogP contribution in [0.5, 0.6) is 0 Å². The highest BCUT2D eigenvalue weighted by Gasteiger charge is 2.11. The summed E-state index contributed by atoms with van der Waals surface area (Å²) in [4.78, 5) is 21.8. The number of Topliss-reactive ketones (excluding diaryl/α,β-unsaturated/α-hetero) is 1. The summed E-state index contributed by atoms with van der Waals surface area (Å²) in [5, 5.41) is 8.38. The van der Waals surface area contributed by atoms with Crippen LogP contribution in [0, 0.1) is 5.82 Å². The molecule has 0 amide bonds. The Morgan fingerprint density at radius 1 is 1.24 bits per heavy atom.